The van der Waals surface area contributed by atoms with Crippen molar-refractivity contribution < 1.29 is 28.5 Å². The Balaban J connectivity index is 1.86. The molecule has 0 N–H and O–H groups in total. The quantitative estimate of drug-likeness (QED) is 0.657. The van der Waals surface area contributed by atoms with E-state index >= 15 is 0 Å². The molecule has 0 fully saturated rings. The normalized spacial score (nSPS) is 14.2. The van der Waals surface area contributed by atoms with Crippen LogP contribution in [0.3, 0.4) is 0 Å². The zero-order valence-corrected chi connectivity index (χ0v) is 14.8. The molecule has 5 rings (SSSR count). The number of methoxy groups -OCH3 is 2. The fourth-order valence-corrected chi connectivity index (χ4v) is 3.70. The van der Waals surface area contributed by atoms with Crippen LogP contribution in [0.4, 0.5) is 0 Å². The minimum atomic E-state index is -0.325. The van der Waals surface area contributed by atoms with Gasteiger partial charge in [0.15, 0.2) is 23.0 Å². The van der Waals surface area contributed by atoms with E-state index in [0.717, 1.165) is 27.5 Å². The topological polar surface area (TPSA) is 63.2 Å². The third-order valence-corrected chi connectivity index (χ3v) is 4.95. The Bertz CT molecular complexity index is 1100. The van der Waals surface area contributed by atoms with Crippen molar-refractivity contribution in [1.82, 2.24) is 0 Å². The number of esters is 1. The highest BCUT2D eigenvalue weighted by Crippen LogP contribution is 2.44. The number of carbonyl (C=O) groups excluding carboxylic acids is 1. The summed E-state index contributed by atoms with van der Waals surface area (Å²) in [6, 6.07) is 11.4. The van der Waals surface area contributed by atoms with Crippen molar-refractivity contribution in [2.75, 3.05) is 21.0 Å². The highest BCUT2D eigenvalue weighted by molar-refractivity contribution is 6.11. The first kappa shape index (κ1) is 15.8. The number of rotatable bonds is 3. The molecule has 136 valence electrons. The molecular formula is C21H16O6. The maximum Gasteiger partial charge on any atom is 0.339 e. The van der Waals surface area contributed by atoms with Crippen LogP contribution in [-0.4, -0.2) is 27.0 Å². The average Bonchev–Trinajstić information content (AvgIpc) is 3.31. The largest absolute Gasteiger partial charge is 0.493 e. The molecule has 3 aromatic rings. The van der Waals surface area contributed by atoms with Crippen molar-refractivity contribution in [1.29, 1.82) is 0 Å². The van der Waals surface area contributed by atoms with Gasteiger partial charge >= 0.3 is 5.97 Å². The van der Waals surface area contributed by atoms with Gasteiger partial charge in [-0.15, -0.1) is 0 Å². The molecule has 3 aromatic carbocycles. The van der Waals surface area contributed by atoms with Gasteiger partial charge in [0.1, 0.15) is 6.61 Å². The number of carbonyl (C=O) groups is 1. The summed E-state index contributed by atoms with van der Waals surface area (Å²) < 4.78 is 27.1. The van der Waals surface area contributed by atoms with Crippen LogP contribution >= 0.6 is 0 Å². The van der Waals surface area contributed by atoms with Crippen LogP contribution in [0, 0.1) is 0 Å². The SMILES string of the molecule is COc1cc2cc3c(c(-c4ccc5c(c4)OCO5)c2cc1OC)C(=O)OC3. The molecule has 0 amide bonds. The number of hydrogen-bond donors (Lipinski definition) is 0. The highest BCUT2D eigenvalue weighted by atomic mass is 16.7. The zero-order valence-electron chi connectivity index (χ0n) is 14.8. The Hall–Kier alpha value is -3.41. The first-order valence-electron chi connectivity index (χ1n) is 8.48. The molecule has 6 nitrogen and oxygen atoms in total. The molecule has 2 aliphatic heterocycles. The molecule has 6 heteroatoms. The summed E-state index contributed by atoms with van der Waals surface area (Å²) in [7, 11) is 3.19. The van der Waals surface area contributed by atoms with E-state index in [1.165, 1.54) is 0 Å². The second-order valence-corrected chi connectivity index (χ2v) is 6.36. The summed E-state index contributed by atoms with van der Waals surface area (Å²) in [6.07, 6.45) is 0. The molecule has 0 spiro atoms. The van der Waals surface area contributed by atoms with Crippen molar-refractivity contribution in [3.8, 4) is 34.1 Å². The zero-order chi connectivity index (χ0) is 18.5. The summed E-state index contributed by atoms with van der Waals surface area (Å²) in [5.74, 6) is 2.25. The van der Waals surface area contributed by atoms with E-state index in [1.54, 1.807) is 14.2 Å². The second-order valence-electron chi connectivity index (χ2n) is 6.36. The van der Waals surface area contributed by atoms with Crippen LogP contribution in [0.1, 0.15) is 15.9 Å². The minimum Gasteiger partial charge on any atom is -0.493 e. The number of hydrogen-bond acceptors (Lipinski definition) is 6. The Labute approximate surface area is 155 Å². The molecular weight excluding hydrogens is 348 g/mol. The molecule has 0 atom stereocenters. The van der Waals surface area contributed by atoms with Crippen LogP contribution in [0.5, 0.6) is 23.0 Å². The summed E-state index contributed by atoms with van der Waals surface area (Å²) in [5, 5.41) is 1.82. The fourth-order valence-electron chi connectivity index (χ4n) is 3.70. The molecule has 0 aliphatic carbocycles. The number of benzene rings is 3. The van der Waals surface area contributed by atoms with Gasteiger partial charge in [-0.2, -0.15) is 0 Å². The number of fused-ring (bicyclic) bond motifs is 3. The molecule has 0 radical (unpaired) electrons. The number of ether oxygens (including phenoxy) is 5. The van der Waals surface area contributed by atoms with Crippen molar-refractivity contribution in [2.24, 2.45) is 0 Å². The van der Waals surface area contributed by atoms with E-state index in [2.05, 4.69) is 0 Å². The summed E-state index contributed by atoms with van der Waals surface area (Å²) in [4.78, 5) is 12.5. The summed E-state index contributed by atoms with van der Waals surface area (Å²) >= 11 is 0. The average molecular weight is 364 g/mol. The monoisotopic (exact) mass is 364 g/mol. The van der Waals surface area contributed by atoms with Gasteiger partial charge in [0, 0.05) is 11.1 Å². The lowest BCUT2D eigenvalue weighted by molar-refractivity contribution is 0.0535. The first-order chi connectivity index (χ1) is 13.2. The lowest BCUT2D eigenvalue weighted by Crippen LogP contribution is -2.00. The maximum absolute atomic E-state index is 12.5. The molecule has 0 aromatic heterocycles. The van der Waals surface area contributed by atoms with E-state index in [1.807, 2.05) is 36.4 Å². The maximum atomic E-state index is 12.5. The van der Waals surface area contributed by atoms with Crippen LogP contribution in [0.25, 0.3) is 21.9 Å². The highest BCUT2D eigenvalue weighted by Gasteiger charge is 2.29. The van der Waals surface area contributed by atoms with Crippen molar-refractivity contribution in [3.63, 3.8) is 0 Å². The Kier molecular flexibility index (Phi) is 3.40. The predicted octanol–water partition coefficient (Wildman–Crippen LogP) is 3.92. The van der Waals surface area contributed by atoms with Crippen molar-refractivity contribution >= 4 is 16.7 Å². The summed E-state index contributed by atoms with van der Waals surface area (Å²) in [6.45, 7) is 0.454. The molecule has 0 unspecified atom stereocenters. The van der Waals surface area contributed by atoms with Crippen molar-refractivity contribution in [2.45, 2.75) is 6.61 Å². The number of cyclic esters (lactones) is 1. The lowest BCUT2D eigenvalue weighted by Gasteiger charge is -2.15. The van der Waals surface area contributed by atoms with E-state index in [-0.39, 0.29) is 19.4 Å². The van der Waals surface area contributed by atoms with Crippen LogP contribution < -0.4 is 18.9 Å². The molecule has 0 saturated carbocycles. The van der Waals surface area contributed by atoms with Gasteiger partial charge in [-0.3, -0.25) is 0 Å². The van der Waals surface area contributed by atoms with Gasteiger partial charge in [-0.05, 0) is 46.7 Å². The van der Waals surface area contributed by atoms with E-state index in [0.29, 0.717) is 28.6 Å². The van der Waals surface area contributed by atoms with Gasteiger partial charge in [0.2, 0.25) is 6.79 Å². The third-order valence-electron chi connectivity index (χ3n) is 4.95. The molecule has 2 aliphatic rings. The fraction of sp³-hybridized carbons (Fsp3) is 0.190. The Morgan fingerprint density at radius 3 is 2.44 bits per heavy atom. The predicted molar refractivity (Wildman–Crippen MR) is 97.7 cm³/mol. The van der Waals surface area contributed by atoms with Gasteiger partial charge in [-0.1, -0.05) is 6.07 Å². The van der Waals surface area contributed by atoms with Crippen molar-refractivity contribution in [3.05, 3.63) is 47.5 Å². The van der Waals surface area contributed by atoms with E-state index in [4.69, 9.17) is 23.7 Å². The van der Waals surface area contributed by atoms with Gasteiger partial charge < -0.3 is 23.7 Å². The minimum absolute atomic E-state index is 0.194. The van der Waals surface area contributed by atoms with Gasteiger partial charge in [0.25, 0.3) is 0 Å². The van der Waals surface area contributed by atoms with Crippen LogP contribution in [0.15, 0.2) is 36.4 Å². The molecule has 0 bridgehead atoms. The van der Waals surface area contributed by atoms with Crippen LogP contribution in [0.2, 0.25) is 0 Å². The second kappa shape index (κ2) is 5.81. The third kappa shape index (κ3) is 2.30. The molecule has 27 heavy (non-hydrogen) atoms. The molecule has 0 saturated heterocycles. The first-order valence-corrected chi connectivity index (χ1v) is 8.48. The molecule has 2 heterocycles. The smallest absolute Gasteiger partial charge is 0.339 e. The van der Waals surface area contributed by atoms with Gasteiger partial charge in [-0.25, -0.2) is 4.79 Å². The Morgan fingerprint density at radius 2 is 1.63 bits per heavy atom. The lowest BCUT2D eigenvalue weighted by atomic mass is 9.90. The standard InChI is InChI=1S/C21H16O6/c1-23-16-7-12-5-13-9-25-21(22)20(13)19(14(12)8-17(16)24-2)11-3-4-15-18(6-11)27-10-26-15/h3-8H,9-10H2,1-2H3. The summed E-state index contributed by atoms with van der Waals surface area (Å²) in [5.41, 5.74) is 3.08. The van der Waals surface area contributed by atoms with Gasteiger partial charge in [0.05, 0.1) is 19.8 Å². The Morgan fingerprint density at radius 1 is 0.852 bits per heavy atom. The van der Waals surface area contributed by atoms with Crippen LogP contribution in [-0.2, 0) is 11.3 Å². The van der Waals surface area contributed by atoms with E-state index < -0.39 is 0 Å². The van der Waals surface area contributed by atoms with E-state index in [9.17, 15) is 4.79 Å².